The van der Waals surface area contributed by atoms with Gasteiger partial charge in [0.2, 0.25) is 0 Å². The highest BCUT2D eigenvalue weighted by Crippen LogP contribution is 2.29. The highest BCUT2D eigenvalue weighted by Gasteiger charge is 2.15. The van der Waals surface area contributed by atoms with Gasteiger partial charge in [0.05, 0.1) is 5.56 Å². The van der Waals surface area contributed by atoms with Crippen LogP contribution in [0.1, 0.15) is 12.0 Å². The highest BCUT2D eigenvalue weighted by atomic mass is 79.9. The number of hydrogen-bond donors (Lipinski definition) is 0. The monoisotopic (exact) mass is 224 g/mol. The van der Waals surface area contributed by atoms with Crippen LogP contribution in [0.5, 0.6) is 0 Å². The lowest BCUT2D eigenvalue weighted by Gasteiger charge is -2.02. The van der Waals surface area contributed by atoms with Crippen molar-refractivity contribution in [3.63, 3.8) is 0 Å². The molecule has 1 aromatic rings. The summed E-state index contributed by atoms with van der Waals surface area (Å²) in [6.45, 7) is 0. The Kier molecular flexibility index (Phi) is 2.54. The fourth-order valence-electron chi connectivity index (χ4n) is 0.719. The molecule has 0 aliphatic heterocycles. The Morgan fingerprint density at radius 2 is 1.91 bits per heavy atom. The second-order valence-corrected chi connectivity index (χ2v) is 2.79. The summed E-state index contributed by atoms with van der Waals surface area (Å²) in [7, 11) is 0. The van der Waals surface area contributed by atoms with Crippen molar-refractivity contribution < 1.29 is 13.2 Å². The van der Waals surface area contributed by atoms with Gasteiger partial charge in [0.15, 0.2) is 0 Å². The van der Waals surface area contributed by atoms with E-state index >= 15 is 0 Å². The van der Waals surface area contributed by atoms with Crippen LogP contribution in [-0.2, 0) is 0 Å². The molecule has 0 aromatic heterocycles. The fourth-order valence-corrected chi connectivity index (χ4v) is 1.23. The molecule has 0 spiro atoms. The van der Waals surface area contributed by atoms with Crippen LogP contribution in [0.15, 0.2) is 22.7 Å². The quantitative estimate of drug-likeness (QED) is 0.685. The zero-order chi connectivity index (χ0) is 8.43. The molecule has 1 aromatic carbocycles. The first-order valence-electron chi connectivity index (χ1n) is 2.85. The largest absolute Gasteiger partial charge is 0.267 e. The van der Waals surface area contributed by atoms with E-state index in [1.165, 1.54) is 12.1 Å². The minimum absolute atomic E-state index is 0.104. The van der Waals surface area contributed by atoms with Gasteiger partial charge in [0, 0.05) is 4.47 Å². The Hall–Kier alpha value is -0.510. The minimum atomic E-state index is -2.77. The van der Waals surface area contributed by atoms with Crippen LogP contribution < -0.4 is 0 Å². The van der Waals surface area contributed by atoms with Crippen molar-refractivity contribution in [1.82, 2.24) is 0 Å². The van der Waals surface area contributed by atoms with Crippen molar-refractivity contribution in [3.05, 3.63) is 34.1 Å². The van der Waals surface area contributed by atoms with Crippen molar-refractivity contribution in [2.45, 2.75) is 6.43 Å². The summed E-state index contributed by atoms with van der Waals surface area (Å²) in [4.78, 5) is 0. The van der Waals surface area contributed by atoms with E-state index in [2.05, 4.69) is 15.9 Å². The SMILES string of the molecule is Fc1cccc(Br)c1C(F)F. The molecule has 0 radical (unpaired) electrons. The maximum absolute atomic E-state index is 12.6. The summed E-state index contributed by atoms with van der Waals surface area (Å²) < 4.78 is 36.7. The molecule has 0 saturated carbocycles. The zero-order valence-electron chi connectivity index (χ0n) is 5.32. The van der Waals surface area contributed by atoms with E-state index in [4.69, 9.17) is 0 Å². The Balaban J connectivity index is 3.21. The van der Waals surface area contributed by atoms with Gasteiger partial charge in [-0.15, -0.1) is 0 Å². The number of halogens is 4. The lowest BCUT2D eigenvalue weighted by atomic mass is 10.2. The van der Waals surface area contributed by atoms with Gasteiger partial charge in [-0.25, -0.2) is 13.2 Å². The first-order chi connectivity index (χ1) is 5.13. The molecule has 0 N–H and O–H groups in total. The molecule has 0 nitrogen and oxygen atoms in total. The molecule has 0 fully saturated rings. The van der Waals surface area contributed by atoms with Crippen LogP contribution in [0.4, 0.5) is 13.2 Å². The maximum atomic E-state index is 12.6. The molecule has 0 aliphatic rings. The van der Waals surface area contributed by atoms with Gasteiger partial charge < -0.3 is 0 Å². The standard InChI is InChI=1S/C7H4BrF3/c8-4-2-1-3-5(9)6(4)7(10)11/h1-3,7H. The molecule has 1 rings (SSSR count). The Labute approximate surface area is 70.2 Å². The van der Waals surface area contributed by atoms with Crippen LogP contribution in [0.2, 0.25) is 0 Å². The predicted molar refractivity (Wildman–Crippen MR) is 39.1 cm³/mol. The van der Waals surface area contributed by atoms with Crippen LogP contribution in [0.3, 0.4) is 0 Å². The number of alkyl halides is 2. The van der Waals surface area contributed by atoms with Gasteiger partial charge in [-0.05, 0) is 12.1 Å². The first kappa shape index (κ1) is 8.59. The molecule has 11 heavy (non-hydrogen) atoms. The van der Waals surface area contributed by atoms with Crippen molar-refractivity contribution in [3.8, 4) is 0 Å². The summed E-state index contributed by atoms with van der Waals surface area (Å²) in [6.07, 6.45) is -2.77. The third-order valence-corrected chi connectivity index (χ3v) is 1.91. The van der Waals surface area contributed by atoms with Crippen molar-refractivity contribution >= 4 is 15.9 Å². The summed E-state index contributed by atoms with van der Waals surface area (Å²) >= 11 is 2.83. The molecule has 0 atom stereocenters. The average molecular weight is 225 g/mol. The predicted octanol–water partition coefficient (Wildman–Crippen LogP) is 3.53. The van der Waals surface area contributed by atoms with Crippen molar-refractivity contribution in [1.29, 1.82) is 0 Å². The Morgan fingerprint density at radius 1 is 1.27 bits per heavy atom. The van der Waals surface area contributed by atoms with E-state index < -0.39 is 17.8 Å². The number of rotatable bonds is 1. The van der Waals surface area contributed by atoms with Gasteiger partial charge >= 0.3 is 0 Å². The molecule has 4 heteroatoms. The normalized spacial score (nSPS) is 10.6. The van der Waals surface area contributed by atoms with E-state index in [0.29, 0.717) is 0 Å². The molecule has 0 amide bonds. The zero-order valence-corrected chi connectivity index (χ0v) is 6.91. The van der Waals surface area contributed by atoms with Crippen LogP contribution in [0.25, 0.3) is 0 Å². The molecule has 60 valence electrons. The van der Waals surface area contributed by atoms with Crippen LogP contribution in [0, 0.1) is 5.82 Å². The summed E-state index contributed by atoms with van der Waals surface area (Å²) in [5.74, 6) is -0.880. The summed E-state index contributed by atoms with van der Waals surface area (Å²) in [6, 6.07) is 3.75. The smallest absolute Gasteiger partial charge is 0.206 e. The third kappa shape index (κ3) is 1.74. The fraction of sp³-hybridized carbons (Fsp3) is 0.143. The third-order valence-electron chi connectivity index (χ3n) is 1.22. The van der Waals surface area contributed by atoms with Gasteiger partial charge in [-0.3, -0.25) is 0 Å². The molecule has 0 bridgehead atoms. The van der Waals surface area contributed by atoms with E-state index in [-0.39, 0.29) is 4.47 Å². The van der Waals surface area contributed by atoms with Gasteiger partial charge in [-0.2, -0.15) is 0 Å². The second kappa shape index (κ2) is 3.26. The molecule has 0 aliphatic carbocycles. The molecular formula is C7H4BrF3. The van der Waals surface area contributed by atoms with E-state index in [1.54, 1.807) is 0 Å². The highest BCUT2D eigenvalue weighted by molar-refractivity contribution is 9.10. The topological polar surface area (TPSA) is 0 Å². The van der Waals surface area contributed by atoms with E-state index in [1.807, 2.05) is 0 Å². The maximum Gasteiger partial charge on any atom is 0.267 e. The number of hydrogen-bond acceptors (Lipinski definition) is 0. The van der Waals surface area contributed by atoms with Crippen molar-refractivity contribution in [2.24, 2.45) is 0 Å². The second-order valence-electron chi connectivity index (χ2n) is 1.94. The van der Waals surface area contributed by atoms with Crippen molar-refractivity contribution in [2.75, 3.05) is 0 Å². The molecule has 0 heterocycles. The molecular weight excluding hydrogens is 221 g/mol. The lowest BCUT2D eigenvalue weighted by molar-refractivity contribution is 0.145. The molecule has 0 unspecified atom stereocenters. The average Bonchev–Trinajstić information content (AvgIpc) is 1.85. The van der Waals surface area contributed by atoms with E-state index in [9.17, 15) is 13.2 Å². The van der Waals surface area contributed by atoms with Gasteiger partial charge in [0.25, 0.3) is 6.43 Å². The summed E-state index contributed by atoms with van der Waals surface area (Å²) in [5.41, 5.74) is -0.576. The minimum Gasteiger partial charge on any atom is -0.206 e. The van der Waals surface area contributed by atoms with Gasteiger partial charge in [0.1, 0.15) is 5.82 Å². The first-order valence-corrected chi connectivity index (χ1v) is 3.64. The van der Waals surface area contributed by atoms with E-state index in [0.717, 1.165) is 6.07 Å². The summed E-state index contributed by atoms with van der Waals surface area (Å²) in [5, 5.41) is 0. The lowest BCUT2D eigenvalue weighted by Crippen LogP contribution is -1.91. The van der Waals surface area contributed by atoms with Crippen LogP contribution >= 0.6 is 15.9 Å². The Bertz CT molecular complexity index is 240. The number of benzene rings is 1. The van der Waals surface area contributed by atoms with Gasteiger partial charge in [-0.1, -0.05) is 22.0 Å². The Morgan fingerprint density at radius 3 is 2.27 bits per heavy atom. The molecule has 0 saturated heterocycles. The van der Waals surface area contributed by atoms with Crippen LogP contribution in [-0.4, -0.2) is 0 Å².